The van der Waals surface area contributed by atoms with Gasteiger partial charge in [0, 0.05) is 6.04 Å². The van der Waals surface area contributed by atoms with E-state index in [0.29, 0.717) is 12.1 Å². The van der Waals surface area contributed by atoms with Crippen LogP contribution in [0.5, 0.6) is 11.5 Å². The van der Waals surface area contributed by atoms with Gasteiger partial charge in [-0.05, 0) is 38.1 Å². The topological polar surface area (TPSA) is 65.6 Å². The van der Waals surface area contributed by atoms with Crippen molar-refractivity contribution in [2.45, 2.75) is 26.4 Å². The minimum Gasteiger partial charge on any atom is -0.507 e. The van der Waals surface area contributed by atoms with Crippen molar-refractivity contribution in [3.8, 4) is 11.5 Å². The maximum atomic E-state index is 9.74. The normalized spacial score (nSPS) is 12.6. The minimum atomic E-state index is -0.170. The fourth-order valence-electron chi connectivity index (χ4n) is 1.92. The molecule has 1 unspecified atom stereocenters. The average molecular weight is 247 g/mol. The summed E-state index contributed by atoms with van der Waals surface area (Å²) in [5.74, 6) is 1.87. The molecule has 1 aromatic heterocycles. The largest absolute Gasteiger partial charge is 0.507 e. The molecule has 0 fully saturated rings. The quantitative estimate of drug-likeness (QED) is 0.777. The number of benzene rings is 1. The van der Waals surface area contributed by atoms with E-state index < -0.39 is 0 Å². The van der Waals surface area contributed by atoms with E-state index in [0.717, 1.165) is 11.5 Å². The summed E-state index contributed by atoms with van der Waals surface area (Å²) in [6.07, 6.45) is 0. The molecule has 18 heavy (non-hydrogen) atoms. The fraction of sp³-hybridized carbons (Fsp3) is 0.286. The summed E-state index contributed by atoms with van der Waals surface area (Å²) in [7, 11) is 0. The van der Waals surface area contributed by atoms with Crippen molar-refractivity contribution in [1.82, 2.24) is 5.32 Å². The molecule has 2 rings (SSSR count). The second-order valence-electron chi connectivity index (χ2n) is 4.32. The van der Waals surface area contributed by atoms with Crippen LogP contribution >= 0.6 is 0 Å². The molecular formula is C14H17NO3. The van der Waals surface area contributed by atoms with Crippen LogP contribution in [0.15, 0.2) is 34.7 Å². The van der Waals surface area contributed by atoms with E-state index in [2.05, 4.69) is 5.32 Å². The summed E-state index contributed by atoms with van der Waals surface area (Å²) >= 11 is 0. The first-order valence-corrected chi connectivity index (χ1v) is 5.87. The lowest BCUT2D eigenvalue weighted by molar-refractivity contribution is 0.405. The van der Waals surface area contributed by atoms with Gasteiger partial charge in [-0.25, -0.2) is 0 Å². The summed E-state index contributed by atoms with van der Waals surface area (Å²) in [4.78, 5) is 0. The molecule has 0 radical (unpaired) electrons. The van der Waals surface area contributed by atoms with Crippen LogP contribution in [-0.2, 0) is 6.54 Å². The van der Waals surface area contributed by atoms with Crippen LogP contribution in [-0.4, -0.2) is 10.2 Å². The molecule has 1 aromatic carbocycles. The molecule has 4 heteroatoms. The van der Waals surface area contributed by atoms with E-state index in [1.807, 2.05) is 26.0 Å². The second kappa shape index (κ2) is 5.14. The smallest absolute Gasteiger partial charge is 0.124 e. The Balaban J connectivity index is 2.06. The van der Waals surface area contributed by atoms with Crippen molar-refractivity contribution in [3.05, 3.63) is 47.4 Å². The van der Waals surface area contributed by atoms with Crippen LogP contribution in [0.3, 0.4) is 0 Å². The van der Waals surface area contributed by atoms with Gasteiger partial charge in [0.2, 0.25) is 0 Å². The molecular weight excluding hydrogens is 230 g/mol. The van der Waals surface area contributed by atoms with Gasteiger partial charge in [0.25, 0.3) is 0 Å². The van der Waals surface area contributed by atoms with Crippen molar-refractivity contribution in [2.75, 3.05) is 0 Å². The zero-order chi connectivity index (χ0) is 13.1. The lowest BCUT2D eigenvalue weighted by Gasteiger charge is -2.16. The monoisotopic (exact) mass is 247 g/mol. The molecule has 96 valence electrons. The molecule has 1 heterocycles. The first-order chi connectivity index (χ1) is 8.58. The Hall–Kier alpha value is -1.94. The van der Waals surface area contributed by atoms with Crippen LogP contribution in [0.2, 0.25) is 0 Å². The first kappa shape index (κ1) is 12.5. The second-order valence-corrected chi connectivity index (χ2v) is 4.32. The Morgan fingerprint density at radius 2 is 1.83 bits per heavy atom. The SMILES string of the molecule is Cc1ccc(CNC(C)c2c(O)cccc2O)o1. The minimum absolute atomic E-state index is 0.0885. The summed E-state index contributed by atoms with van der Waals surface area (Å²) in [6.45, 7) is 4.31. The van der Waals surface area contributed by atoms with Gasteiger partial charge in [-0.15, -0.1) is 0 Å². The third-order valence-corrected chi connectivity index (χ3v) is 2.87. The Labute approximate surface area is 106 Å². The summed E-state index contributed by atoms with van der Waals surface area (Å²) in [5, 5.41) is 22.7. The molecule has 4 nitrogen and oxygen atoms in total. The van der Waals surface area contributed by atoms with Crippen molar-refractivity contribution in [1.29, 1.82) is 0 Å². The molecule has 0 saturated carbocycles. The summed E-state index contributed by atoms with van der Waals surface area (Å²) < 4.78 is 5.44. The first-order valence-electron chi connectivity index (χ1n) is 5.87. The van der Waals surface area contributed by atoms with Gasteiger partial charge in [-0.1, -0.05) is 6.07 Å². The van der Waals surface area contributed by atoms with Crippen molar-refractivity contribution in [2.24, 2.45) is 0 Å². The van der Waals surface area contributed by atoms with E-state index in [-0.39, 0.29) is 17.5 Å². The Kier molecular flexibility index (Phi) is 3.58. The number of aromatic hydroxyl groups is 2. The molecule has 0 spiro atoms. The van der Waals surface area contributed by atoms with Crippen LogP contribution in [0.1, 0.15) is 30.0 Å². The van der Waals surface area contributed by atoms with E-state index in [9.17, 15) is 10.2 Å². The molecule has 0 aliphatic carbocycles. The average Bonchev–Trinajstić information content (AvgIpc) is 2.72. The Bertz CT molecular complexity index is 513. The van der Waals surface area contributed by atoms with E-state index in [1.54, 1.807) is 18.2 Å². The zero-order valence-electron chi connectivity index (χ0n) is 10.5. The number of furan rings is 1. The predicted octanol–water partition coefficient (Wildman–Crippen LogP) is 2.85. The summed E-state index contributed by atoms with van der Waals surface area (Å²) in [6, 6.07) is 8.36. The molecule has 0 aliphatic heterocycles. The van der Waals surface area contributed by atoms with Crippen molar-refractivity contribution < 1.29 is 14.6 Å². The third-order valence-electron chi connectivity index (χ3n) is 2.87. The number of phenolic OH excluding ortho intramolecular Hbond substituents is 2. The Morgan fingerprint density at radius 1 is 1.17 bits per heavy atom. The van der Waals surface area contributed by atoms with Gasteiger partial charge >= 0.3 is 0 Å². The summed E-state index contributed by atoms with van der Waals surface area (Å²) in [5.41, 5.74) is 0.501. The van der Waals surface area contributed by atoms with Gasteiger partial charge in [0.05, 0.1) is 12.1 Å². The van der Waals surface area contributed by atoms with Crippen LogP contribution in [0.25, 0.3) is 0 Å². The van der Waals surface area contributed by atoms with Crippen molar-refractivity contribution >= 4 is 0 Å². The highest BCUT2D eigenvalue weighted by Crippen LogP contribution is 2.32. The zero-order valence-corrected chi connectivity index (χ0v) is 10.5. The molecule has 1 atom stereocenters. The molecule has 0 saturated heterocycles. The molecule has 0 bridgehead atoms. The predicted molar refractivity (Wildman–Crippen MR) is 68.5 cm³/mol. The van der Waals surface area contributed by atoms with Gasteiger partial charge in [-0.2, -0.15) is 0 Å². The number of nitrogens with one attached hydrogen (secondary N) is 1. The van der Waals surface area contributed by atoms with E-state index >= 15 is 0 Å². The van der Waals surface area contributed by atoms with Crippen LogP contribution in [0.4, 0.5) is 0 Å². The van der Waals surface area contributed by atoms with Crippen molar-refractivity contribution in [3.63, 3.8) is 0 Å². The number of hydrogen-bond donors (Lipinski definition) is 3. The number of phenols is 2. The fourth-order valence-corrected chi connectivity index (χ4v) is 1.92. The maximum absolute atomic E-state index is 9.74. The highest BCUT2D eigenvalue weighted by Gasteiger charge is 2.14. The van der Waals surface area contributed by atoms with Gasteiger partial charge < -0.3 is 19.9 Å². The molecule has 0 amide bonds. The Morgan fingerprint density at radius 3 is 2.39 bits per heavy atom. The highest BCUT2D eigenvalue weighted by molar-refractivity contribution is 5.44. The number of hydrogen-bond acceptors (Lipinski definition) is 4. The lowest BCUT2D eigenvalue weighted by atomic mass is 10.1. The van der Waals surface area contributed by atoms with Crippen LogP contribution in [0, 0.1) is 6.92 Å². The number of rotatable bonds is 4. The maximum Gasteiger partial charge on any atom is 0.124 e. The van der Waals surface area contributed by atoms with E-state index in [1.165, 1.54) is 0 Å². The van der Waals surface area contributed by atoms with Gasteiger partial charge in [-0.3, -0.25) is 0 Å². The van der Waals surface area contributed by atoms with Crippen LogP contribution < -0.4 is 5.32 Å². The standard InChI is InChI=1S/C14H17NO3/c1-9-6-7-11(18-9)8-15-10(2)14-12(16)4-3-5-13(14)17/h3-7,10,15-17H,8H2,1-2H3. The molecule has 2 aromatic rings. The molecule has 3 N–H and O–H groups in total. The third kappa shape index (κ3) is 2.65. The lowest BCUT2D eigenvalue weighted by Crippen LogP contribution is -2.18. The van der Waals surface area contributed by atoms with Gasteiger partial charge in [0.15, 0.2) is 0 Å². The van der Waals surface area contributed by atoms with E-state index in [4.69, 9.17) is 4.42 Å². The van der Waals surface area contributed by atoms with Gasteiger partial charge in [0.1, 0.15) is 23.0 Å². The number of aryl methyl sites for hydroxylation is 1. The molecule has 0 aliphatic rings. The highest BCUT2D eigenvalue weighted by atomic mass is 16.3.